The zero-order valence-corrected chi connectivity index (χ0v) is 14.5. The number of aromatic nitrogens is 2. The van der Waals surface area contributed by atoms with Gasteiger partial charge in [0.2, 0.25) is 0 Å². The van der Waals surface area contributed by atoms with Gasteiger partial charge in [0, 0.05) is 11.1 Å². The van der Waals surface area contributed by atoms with E-state index in [1.807, 2.05) is 56.3 Å². The van der Waals surface area contributed by atoms with Crippen LogP contribution in [0.3, 0.4) is 0 Å². The third-order valence-electron chi connectivity index (χ3n) is 4.61. The van der Waals surface area contributed by atoms with Crippen LogP contribution in [-0.4, -0.2) is 9.97 Å². The molecule has 4 rings (SSSR count). The summed E-state index contributed by atoms with van der Waals surface area (Å²) in [6.45, 7) is 5.99. The van der Waals surface area contributed by atoms with Crippen molar-refractivity contribution in [2.75, 3.05) is 5.32 Å². The van der Waals surface area contributed by atoms with E-state index < -0.39 is 0 Å². The number of rotatable bonds is 2. The number of benzene rings is 2. The number of hydrogen-bond acceptors (Lipinski definition) is 3. The Hall–Kier alpha value is -3.14. The summed E-state index contributed by atoms with van der Waals surface area (Å²) in [5.41, 5.74) is 5.58. The summed E-state index contributed by atoms with van der Waals surface area (Å²) < 4.78 is 0. The molecule has 0 aliphatic rings. The lowest BCUT2D eigenvalue weighted by atomic mass is 10.1. The van der Waals surface area contributed by atoms with Gasteiger partial charge in [-0.25, -0.2) is 4.98 Å². The highest BCUT2D eigenvalue weighted by Crippen LogP contribution is 2.24. The maximum Gasteiger partial charge on any atom is 0.199 e. The maximum absolute atomic E-state index is 12.9. The second-order valence-corrected chi connectivity index (χ2v) is 6.44. The van der Waals surface area contributed by atoms with E-state index in [4.69, 9.17) is 0 Å². The van der Waals surface area contributed by atoms with Crippen molar-refractivity contribution in [2.45, 2.75) is 20.8 Å². The average Bonchev–Trinajstić information content (AvgIpc) is 2.58. The largest absolute Gasteiger partial charge is 0.340 e. The molecule has 0 bridgehead atoms. The summed E-state index contributed by atoms with van der Waals surface area (Å²) >= 11 is 0. The first kappa shape index (κ1) is 15.4. The van der Waals surface area contributed by atoms with E-state index in [-0.39, 0.29) is 5.43 Å². The van der Waals surface area contributed by atoms with Gasteiger partial charge in [0.15, 0.2) is 5.43 Å². The molecule has 124 valence electrons. The molecule has 0 aliphatic heterocycles. The lowest BCUT2D eigenvalue weighted by Gasteiger charge is -2.12. The molecule has 0 saturated heterocycles. The van der Waals surface area contributed by atoms with Crippen LogP contribution in [0.1, 0.15) is 16.7 Å². The standard InChI is InChI=1S/C21H19N3O/c1-12-7-4-5-10-16(12)22-17-11-14(3)18-20(25)15-9-6-8-13(2)19(15)24-21(18)23-17/h4-11H,1-3H3,(H2,22,23,24,25). The first-order valence-corrected chi connectivity index (χ1v) is 8.30. The van der Waals surface area contributed by atoms with E-state index in [1.165, 1.54) is 0 Å². The van der Waals surface area contributed by atoms with E-state index >= 15 is 0 Å². The van der Waals surface area contributed by atoms with Crippen LogP contribution in [0.5, 0.6) is 0 Å². The fourth-order valence-corrected chi connectivity index (χ4v) is 3.24. The summed E-state index contributed by atoms with van der Waals surface area (Å²) in [6.07, 6.45) is 0. The summed E-state index contributed by atoms with van der Waals surface area (Å²) in [7, 11) is 0. The first-order valence-electron chi connectivity index (χ1n) is 8.30. The van der Waals surface area contributed by atoms with Gasteiger partial charge in [-0.3, -0.25) is 4.79 Å². The average molecular weight is 329 g/mol. The fraction of sp³-hybridized carbons (Fsp3) is 0.143. The minimum absolute atomic E-state index is 0.0277. The van der Waals surface area contributed by atoms with E-state index in [0.717, 1.165) is 33.7 Å². The normalized spacial score (nSPS) is 11.2. The van der Waals surface area contributed by atoms with Crippen LogP contribution >= 0.6 is 0 Å². The lowest BCUT2D eigenvalue weighted by Crippen LogP contribution is -2.09. The Morgan fingerprint density at radius 1 is 0.920 bits per heavy atom. The number of pyridine rings is 2. The number of hydrogen-bond donors (Lipinski definition) is 2. The third kappa shape index (κ3) is 2.56. The Bertz CT molecular complexity index is 1180. The summed E-state index contributed by atoms with van der Waals surface area (Å²) in [5, 5.41) is 4.71. The van der Waals surface area contributed by atoms with Gasteiger partial charge in [-0.1, -0.05) is 30.3 Å². The van der Waals surface area contributed by atoms with Crippen LogP contribution in [-0.2, 0) is 0 Å². The molecular formula is C21H19N3O. The van der Waals surface area contributed by atoms with Crippen molar-refractivity contribution in [1.82, 2.24) is 9.97 Å². The van der Waals surface area contributed by atoms with E-state index in [9.17, 15) is 4.79 Å². The summed E-state index contributed by atoms with van der Waals surface area (Å²) in [4.78, 5) is 20.9. The molecule has 4 heteroatoms. The number of aromatic amines is 1. The van der Waals surface area contributed by atoms with Crippen LogP contribution in [0.2, 0.25) is 0 Å². The molecule has 25 heavy (non-hydrogen) atoms. The molecule has 4 nitrogen and oxygen atoms in total. The Balaban J connectivity index is 1.95. The van der Waals surface area contributed by atoms with Gasteiger partial charge in [-0.15, -0.1) is 0 Å². The number of nitrogens with one attached hydrogen (secondary N) is 2. The molecule has 0 spiro atoms. The Morgan fingerprint density at radius 3 is 2.48 bits per heavy atom. The van der Waals surface area contributed by atoms with Gasteiger partial charge < -0.3 is 10.3 Å². The molecule has 2 aromatic carbocycles. The van der Waals surface area contributed by atoms with E-state index in [2.05, 4.69) is 28.3 Å². The number of nitrogens with zero attached hydrogens (tertiary/aromatic N) is 1. The van der Waals surface area contributed by atoms with Gasteiger partial charge in [0.1, 0.15) is 11.5 Å². The first-order chi connectivity index (χ1) is 12.0. The van der Waals surface area contributed by atoms with Crippen LogP contribution in [0.15, 0.2) is 53.3 Å². The van der Waals surface area contributed by atoms with Crippen molar-refractivity contribution in [3.8, 4) is 0 Å². The summed E-state index contributed by atoms with van der Waals surface area (Å²) in [6, 6.07) is 15.7. The van der Waals surface area contributed by atoms with Crippen molar-refractivity contribution in [3.05, 3.63) is 75.4 Å². The van der Waals surface area contributed by atoms with Gasteiger partial charge >= 0.3 is 0 Å². The fourth-order valence-electron chi connectivity index (χ4n) is 3.24. The summed E-state index contributed by atoms with van der Waals surface area (Å²) in [5.74, 6) is 0.725. The van der Waals surface area contributed by atoms with Crippen LogP contribution in [0.25, 0.3) is 21.9 Å². The highest BCUT2D eigenvalue weighted by Gasteiger charge is 2.12. The van der Waals surface area contributed by atoms with Crippen LogP contribution in [0.4, 0.5) is 11.5 Å². The number of anilines is 2. The predicted octanol–water partition coefficient (Wildman–Crippen LogP) is 4.75. The SMILES string of the molecule is Cc1ccccc1Nc1cc(C)c2c(=O)c3cccc(C)c3[nH]c2n1. The zero-order chi connectivity index (χ0) is 17.6. The molecule has 0 unspecified atom stereocenters. The molecule has 4 aromatic rings. The highest BCUT2D eigenvalue weighted by molar-refractivity contribution is 5.94. The molecule has 0 saturated carbocycles. The minimum Gasteiger partial charge on any atom is -0.340 e. The van der Waals surface area contributed by atoms with E-state index in [0.29, 0.717) is 16.4 Å². The van der Waals surface area contributed by atoms with Gasteiger partial charge in [0.25, 0.3) is 0 Å². The van der Waals surface area contributed by atoms with Crippen molar-refractivity contribution < 1.29 is 0 Å². The topological polar surface area (TPSA) is 57.8 Å². The maximum atomic E-state index is 12.9. The molecule has 2 N–H and O–H groups in total. The van der Waals surface area contributed by atoms with Crippen molar-refractivity contribution in [1.29, 1.82) is 0 Å². The second-order valence-electron chi connectivity index (χ2n) is 6.44. The van der Waals surface area contributed by atoms with E-state index in [1.54, 1.807) is 0 Å². The van der Waals surface area contributed by atoms with Gasteiger partial charge in [-0.2, -0.15) is 0 Å². The minimum atomic E-state index is 0.0277. The van der Waals surface area contributed by atoms with Gasteiger partial charge in [0.05, 0.1) is 10.9 Å². The molecule has 0 aliphatic carbocycles. The molecule has 2 aromatic heterocycles. The molecule has 0 radical (unpaired) electrons. The van der Waals surface area contributed by atoms with Crippen molar-refractivity contribution >= 4 is 33.4 Å². The highest BCUT2D eigenvalue weighted by atomic mass is 16.1. The zero-order valence-electron chi connectivity index (χ0n) is 14.5. The number of aryl methyl sites for hydroxylation is 3. The number of para-hydroxylation sites is 2. The molecule has 0 atom stereocenters. The third-order valence-corrected chi connectivity index (χ3v) is 4.61. The Kier molecular flexibility index (Phi) is 3.53. The Morgan fingerprint density at radius 2 is 1.68 bits per heavy atom. The van der Waals surface area contributed by atoms with Crippen LogP contribution < -0.4 is 10.7 Å². The molecule has 2 heterocycles. The van der Waals surface area contributed by atoms with Gasteiger partial charge in [-0.05, 0) is 55.7 Å². The molecule has 0 amide bonds. The van der Waals surface area contributed by atoms with Crippen molar-refractivity contribution in [3.63, 3.8) is 0 Å². The quantitative estimate of drug-likeness (QED) is 0.522. The van der Waals surface area contributed by atoms with Crippen LogP contribution in [0, 0.1) is 20.8 Å². The van der Waals surface area contributed by atoms with Crippen molar-refractivity contribution in [2.24, 2.45) is 0 Å². The monoisotopic (exact) mass is 329 g/mol. The number of H-pyrrole nitrogens is 1. The molecular weight excluding hydrogens is 310 g/mol. The number of fused-ring (bicyclic) bond motifs is 2. The predicted molar refractivity (Wildman–Crippen MR) is 104 cm³/mol. The second kappa shape index (κ2) is 5.74. The smallest absolute Gasteiger partial charge is 0.199 e. The Labute approximate surface area is 145 Å². The molecule has 0 fully saturated rings. The lowest BCUT2D eigenvalue weighted by molar-refractivity contribution is 1.27.